The Bertz CT molecular complexity index is 450. The van der Waals surface area contributed by atoms with Crippen LogP contribution in [0.15, 0.2) is 5.16 Å². The zero-order valence-electron chi connectivity index (χ0n) is 8.35. The first-order valence-electron chi connectivity index (χ1n) is 3.98. The van der Waals surface area contributed by atoms with Gasteiger partial charge in [0.1, 0.15) is 0 Å². The summed E-state index contributed by atoms with van der Waals surface area (Å²) in [5, 5.41) is 9.69. The predicted octanol–water partition coefficient (Wildman–Crippen LogP) is 0.890. The lowest BCUT2D eigenvalue weighted by molar-refractivity contribution is 0.316. The van der Waals surface area contributed by atoms with E-state index in [1.54, 1.807) is 20.8 Å². The molecule has 0 saturated carbocycles. The van der Waals surface area contributed by atoms with E-state index in [-0.39, 0.29) is 0 Å². The maximum Gasteiger partial charge on any atom is 0.272 e. The average molecular weight is 348 g/mol. The molecule has 1 rings (SSSR count). The quantitative estimate of drug-likeness (QED) is 0.586. The first kappa shape index (κ1) is 12.7. The van der Waals surface area contributed by atoms with Gasteiger partial charge in [-0.25, -0.2) is 17.5 Å². The molecule has 0 aromatic carbocycles. The van der Waals surface area contributed by atoms with Crippen molar-refractivity contribution in [2.75, 3.05) is 0 Å². The van der Waals surface area contributed by atoms with E-state index >= 15 is 0 Å². The molecule has 15 heavy (non-hydrogen) atoms. The Morgan fingerprint density at radius 3 is 2.40 bits per heavy atom. The van der Waals surface area contributed by atoms with Crippen LogP contribution in [0.5, 0.6) is 0 Å². The molecular formula is C6H10FIN4O2S. The molecular weight excluding hydrogens is 338 g/mol. The van der Waals surface area contributed by atoms with Gasteiger partial charge in [-0.05, 0) is 53.8 Å². The fraction of sp³-hybridized carbons (Fsp3) is 0.833. The van der Waals surface area contributed by atoms with Crippen molar-refractivity contribution in [1.29, 1.82) is 0 Å². The summed E-state index contributed by atoms with van der Waals surface area (Å²) in [4.78, 5) is 0. The highest BCUT2D eigenvalue weighted by atomic mass is 127. The number of halogens is 2. The van der Waals surface area contributed by atoms with Gasteiger partial charge in [-0.15, -0.1) is 0 Å². The molecule has 1 heterocycles. The number of hydrogen-bond donors (Lipinski definition) is 0. The van der Waals surface area contributed by atoms with Crippen LogP contribution in [0.2, 0.25) is 0 Å². The van der Waals surface area contributed by atoms with Crippen LogP contribution in [-0.2, 0) is 15.4 Å². The number of tetrazole rings is 1. The van der Waals surface area contributed by atoms with Crippen LogP contribution >= 0.6 is 22.6 Å². The third kappa shape index (κ3) is 2.44. The van der Waals surface area contributed by atoms with Crippen LogP contribution < -0.4 is 0 Å². The zero-order chi connectivity index (χ0) is 11.9. The summed E-state index contributed by atoms with van der Waals surface area (Å²) in [6.07, 6.45) is 0. The predicted molar refractivity (Wildman–Crippen MR) is 58.9 cm³/mol. The molecule has 1 aromatic heterocycles. The highest BCUT2D eigenvalue weighted by Crippen LogP contribution is 2.23. The van der Waals surface area contributed by atoms with Gasteiger partial charge in [-0.3, -0.25) is 0 Å². The van der Waals surface area contributed by atoms with Crippen LogP contribution in [0, 0.1) is 0 Å². The fourth-order valence-corrected chi connectivity index (χ4v) is 2.40. The van der Waals surface area contributed by atoms with E-state index in [0.29, 0.717) is 0 Å². The maximum atomic E-state index is 12.9. The van der Waals surface area contributed by atoms with Gasteiger partial charge < -0.3 is 0 Å². The maximum absolute atomic E-state index is 12.9. The molecule has 0 amide bonds. The minimum Gasteiger partial charge on any atom is -0.218 e. The van der Waals surface area contributed by atoms with Crippen molar-refractivity contribution in [2.45, 2.75) is 35.0 Å². The van der Waals surface area contributed by atoms with Gasteiger partial charge in [0.05, 0.1) is 5.54 Å². The van der Waals surface area contributed by atoms with Crippen LogP contribution in [0.4, 0.5) is 4.39 Å². The summed E-state index contributed by atoms with van der Waals surface area (Å²) in [5.41, 5.74) is -0.614. The largest absolute Gasteiger partial charge is 0.272 e. The molecule has 6 nitrogen and oxygen atoms in total. The highest BCUT2D eigenvalue weighted by molar-refractivity contribution is 14.1. The molecule has 0 bridgehead atoms. The van der Waals surface area contributed by atoms with Gasteiger partial charge in [0, 0.05) is 0 Å². The smallest absolute Gasteiger partial charge is 0.218 e. The normalized spacial score (nSPS) is 15.3. The minimum atomic E-state index is -4.10. The van der Waals surface area contributed by atoms with Crippen molar-refractivity contribution in [1.82, 2.24) is 20.2 Å². The third-order valence-corrected chi connectivity index (χ3v) is 4.81. The van der Waals surface area contributed by atoms with E-state index in [1.807, 2.05) is 0 Å². The molecule has 0 aliphatic rings. The van der Waals surface area contributed by atoms with E-state index in [1.165, 1.54) is 22.6 Å². The first-order valence-corrected chi connectivity index (χ1v) is 6.77. The van der Waals surface area contributed by atoms with Crippen LogP contribution in [0.3, 0.4) is 0 Å². The van der Waals surface area contributed by atoms with E-state index in [4.69, 9.17) is 0 Å². The summed E-state index contributed by atoms with van der Waals surface area (Å²) >= 11 is 1.17. The van der Waals surface area contributed by atoms with Crippen molar-refractivity contribution in [3.8, 4) is 0 Å². The SMILES string of the molecule is CC(C)(C)n1nnnc1S(=O)(=O)C(F)I. The molecule has 0 radical (unpaired) electrons. The summed E-state index contributed by atoms with van der Waals surface area (Å²) < 4.78 is 35.0. The van der Waals surface area contributed by atoms with Crippen molar-refractivity contribution < 1.29 is 12.8 Å². The number of aromatic nitrogens is 4. The Balaban J connectivity index is 3.36. The van der Waals surface area contributed by atoms with Gasteiger partial charge >= 0.3 is 0 Å². The summed E-state index contributed by atoms with van der Waals surface area (Å²) in [7, 11) is -4.10. The van der Waals surface area contributed by atoms with E-state index in [0.717, 1.165) is 4.68 Å². The Hall–Kier alpha value is -0.320. The van der Waals surface area contributed by atoms with E-state index < -0.39 is 24.0 Å². The number of sulfone groups is 1. The average Bonchev–Trinajstić information content (AvgIpc) is 2.49. The van der Waals surface area contributed by atoms with Crippen molar-refractivity contribution >= 4 is 32.4 Å². The summed E-state index contributed by atoms with van der Waals surface area (Å²) in [6, 6.07) is 0. The monoisotopic (exact) mass is 348 g/mol. The standard InChI is InChI=1S/C6H10FIN4O2S/c1-6(2,3)12-5(9-10-11-12)15(13,14)4(7)8/h4H,1-3H3. The van der Waals surface area contributed by atoms with Gasteiger partial charge in [-0.2, -0.15) is 0 Å². The molecule has 0 N–H and O–H groups in total. The van der Waals surface area contributed by atoms with E-state index in [9.17, 15) is 12.8 Å². The van der Waals surface area contributed by atoms with Crippen molar-refractivity contribution in [3.63, 3.8) is 0 Å². The highest BCUT2D eigenvalue weighted by Gasteiger charge is 2.34. The second-order valence-corrected chi connectivity index (χ2v) is 7.66. The molecule has 1 unspecified atom stereocenters. The Morgan fingerprint density at radius 1 is 1.47 bits per heavy atom. The Kier molecular flexibility index (Phi) is 3.33. The Morgan fingerprint density at radius 2 is 2.00 bits per heavy atom. The second-order valence-electron chi connectivity index (χ2n) is 3.85. The van der Waals surface area contributed by atoms with Crippen molar-refractivity contribution in [3.05, 3.63) is 0 Å². The first-order chi connectivity index (χ1) is 6.67. The second kappa shape index (κ2) is 3.92. The van der Waals surface area contributed by atoms with Crippen LogP contribution in [-0.4, -0.2) is 32.1 Å². The van der Waals surface area contributed by atoms with Crippen LogP contribution in [0.25, 0.3) is 0 Å². The molecule has 0 spiro atoms. The van der Waals surface area contributed by atoms with Gasteiger partial charge in [0.15, 0.2) is 0 Å². The molecule has 9 heteroatoms. The van der Waals surface area contributed by atoms with Crippen LogP contribution in [0.1, 0.15) is 20.8 Å². The number of nitrogens with zero attached hydrogens (tertiary/aromatic N) is 4. The number of hydrogen-bond acceptors (Lipinski definition) is 5. The molecule has 0 saturated heterocycles. The lowest BCUT2D eigenvalue weighted by Crippen LogP contribution is -2.28. The number of rotatable bonds is 2. The summed E-state index contributed by atoms with van der Waals surface area (Å²) in [6.45, 7) is 5.18. The molecule has 0 aliphatic carbocycles. The lowest BCUT2D eigenvalue weighted by Gasteiger charge is -2.19. The molecule has 86 valence electrons. The zero-order valence-corrected chi connectivity index (χ0v) is 11.3. The molecule has 1 atom stereocenters. The van der Waals surface area contributed by atoms with Gasteiger partial charge in [-0.1, -0.05) is 5.10 Å². The minimum absolute atomic E-state index is 0.447. The fourth-order valence-electron chi connectivity index (χ4n) is 0.857. The Labute approximate surface area is 100 Å². The lowest BCUT2D eigenvalue weighted by atomic mass is 10.1. The third-order valence-electron chi connectivity index (χ3n) is 1.57. The molecule has 0 fully saturated rings. The topological polar surface area (TPSA) is 77.7 Å². The van der Waals surface area contributed by atoms with Gasteiger partial charge in [0.25, 0.3) is 18.5 Å². The van der Waals surface area contributed by atoms with Gasteiger partial charge in [0.2, 0.25) is 0 Å². The molecule has 0 aliphatic heterocycles. The van der Waals surface area contributed by atoms with Crippen molar-refractivity contribution in [2.24, 2.45) is 0 Å². The summed E-state index contributed by atoms with van der Waals surface area (Å²) in [5.74, 6) is 0. The number of alkyl halides is 2. The molecule has 1 aromatic rings. The van der Waals surface area contributed by atoms with E-state index in [2.05, 4.69) is 15.5 Å².